The monoisotopic (exact) mass is 804 g/mol. The highest BCUT2D eigenvalue weighted by molar-refractivity contribution is 5.73. The van der Waals surface area contributed by atoms with Gasteiger partial charge in [0.25, 0.3) is 0 Å². The van der Waals surface area contributed by atoms with Crippen molar-refractivity contribution in [1.82, 2.24) is 15.5 Å². The third-order valence-corrected chi connectivity index (χ3v) is 13.5. The molecule has 3 heterocycles. The van der Waals surface area contributed by atoms with Crippen molar-refractivity contribution in [2.75, 3.05) is 34.3 Å². The fourth-order valence-corrected chi connectivity index (χ4v) is 9.32. The number of nitrogens with one attached hydrogen (secondary N) is 2. The van der Waals surface area contributed by atoms with Crippen LogP contribution in [0.5, 0.6) is 0 Å². The normalized spacial score (nSPS) is 49.2. The van der Waals surface area contributed by atoms with E-state index in [1.165, 1.54) is 6.92 Å². The van der Waals surface area contributed by atoms with Gasteiger partial charge in [0, 0.05) is 50.7 Å². The third-order valence-electron chi connectivity index (χ3n) is 13.5. The summed E-state index contributed by atoms with van der Waals surface area (Å²) in [6.07, 6.45) is -5.45. The maximum absolute atomic E-state index is 14.3. The first kappa shape index (κ1) is 47.6. The van der Waals surface area contributed by atoms with Crippen molar-refractivity contribution in [2.45, 2.75) is 204 Å². The maximum Gasteiger partial charge on any atom is 0.311 e. The highest BCUT2D eigenvalue weighted by Crippen LogP contribution is 2.43. The van der Waals surface area contributed by atoms with Crippen LogP contribution in [0.1, 0.15) is 108 Å². The van der Waals surface area contributed by atoms with E-state index in [9.17, 15) is 30.3 Å². The molecule has 18 atom stereocenters. The largest absolute Gasteiger partial charge is 0.459 e. The Bertz CT molecular complexity index is 1270. The van der Waals surface area contributed by atoms with Crippen molar-refractivity contribution in [3.05, 3.63) is 0 Å². The minimum Gasteiger partial charge on any atom is -0.459 e. The number of methoxy groups -OCH3 is 1. The molecule has 0 aromatic carbocycles. The Morgan fingerprint density at radius 3 is 2.18 bits per heavy atom. The molecule has 3 saturated heterocycles. The van der Waals surface area contributed by atoms with Crippen LogP contribution in [0, 0.1) is 17.8 Å². The lowest BCUT2D eigenvalue weighted by molar-refractivity contribution is -0.336. The summed E-state index contributed by atoms with van der Waals surface area (Å²) in [5.41, 5.74) is -5.91. The van der Waals surface area contributed by atoms with Gasteiger partial charge < -0.3 is 69.5 Å². The lowest BCUT2D eigenvalue weighted by Gasteiger charge is -2.53. The summed E-state index contributed by atoms with van der Waals surface area (Å²) >= 11 is 0. The Labute approximate surface area is 335 Å². The summed E-state index contributed by atoms with van der Waals surface area (Å²) in [5.74, 6) is -2.94. The SMILES string of the molecule is CC[C@@H]1OC(=O)[C@H](C)[C@H](O[C@H]2C[C@@](C)(OC)[C@](O)(CNC3CC3)[C@H](C)O2)[C@@H](C)[C@@H](O[C@@H]2O[C@H](C)C[C@H](N(C)C)[C@H]2O)[C@](C)(O)C[C@@H](C)NC[C@@H](C)[C@H](O)[C@]1(C)O. The Kier molecular flexibility index (Phi) is 15.9. The van der Waals surface area contributed by atoms with Gasteiger partial charge in [-0.3, -0.25) is 4.79 Å². The summed E-state index contributed by atoms with van der Waals surface area (Å²) in [6, 6.07) is -0.246. The lowest BCUT2D eigenvalue weighted by Crippen LogP contribution is -2.70. The fourth-order valence-electron chi connectivity index (χ4n) is 9.32. The molecule has 4 rings (SSSR count). The van der Waals surface area contributed by atoms with Gasteiger partial charge >= 0.3 is 5.97 Å². The predicted molar refractivity (Wildman–Crippen MR) is 210 cm³/mol. The van der Waals surface area contributed by atoms with Crippen LogP contribution in [0.4, 0.5) is 0 Å². The second kappa shape index (κ2) is 18.7. The number of carbonyl (C=O) groups excluding carboxylic acids is 1. The molecule has 3 aliphatic heterocycles. The van der Waals surface area contributed by atoms with Gasteiger partial charge in [-0.1, -0.05) is 20.8 Å². The molecule has 0 bridgehead atoms. The van der Waals surface area contributed by atoms with E-state index >= 15 is 0 Å². The van der Waals surface area contributed by atoms with Crippen molar-refractivity contribution in [3.63, 3.8) is 0 Å². The van der Waals surface area contributed by atoms with Crippen LogP contribution in [0.15, 0.2) is 0 Å². The second-order valence-corrected chi connectivity index (χ2v) is 18.7. The molecule has 0 radical (unpaired) electrons. The Morgan fingerprint density at radius 2 is 1.61 bits per heavy atom. The molecular formula is C41H77N3O12. The molecule has 0 aromatic heterocycles. The first-order chi connectivity index (χ1) is 25.9. The molecule has 0 spiro atoms. The highest BCUT2D eigenvalue weighted by atomic mass is 16.7. The summed E-state index contributed by atoms with van der Waals surface area (Å²) in [5, 5.41) is 66.1. The van der Waals surface area contributed by atoms with Crippen LogP contribution in [0.3, 0.4) is 0 Å². The molecular weight excluding hydrogens is 726 g/mol. The van der Waals surface area contributed by atoms with E-state index in [0.29, 0.717) is 19.0 Å². The predicted octanol–water partition coefficient (Wildman–Crippen LogP) is 1.68. The van der Waals surface area contributed by atoms with E-state index in [2.05, 4.69) is 10.6 Å². The van der Waals surface area contributed by atoms with Crippen LogP contribution < -0.4 is 10.6 Å². The van der Waals surface area contributed by atoms with Crippen LogP contribution in [0.2, 0.25) is 0 Å². The molecule has 56 heavy (non-hydrogen) atoms. The minimum atomic E-state index is -1.79. The molecule has 4 fully saturated rings. The van der Waals surface area contributed by atoms with Crippen LogP contribution in [-0.2, 0) is 33.2 Å². The van der Waals surface area contributed by atoms with Crippen molar-refractivity contribution >= 4 is 5.97 Å². The minimum absolute atomic E-state index is 0.105. The average Bonchev–Trinajstić information content (AvgIpc) is 3.96. The molecule has 1 saturated carbocycles. The first-order valence-corrected chi connectivity index (χ1v) is 21.0. The molecule has 0 aromatic rings. The fraction of sp³-hybridized carbons (Fsp3) is 0.976. The second-order valence-electron chi connectivity index (χ2n) is 18.7. The average molecular weight is 804 g/mol. The van der Waals surface area contributed by atoms with E-state index in [4.69, 9.17) is 28.4 Å². The number of ether oxygens (including phenoxy) is 6. The summed E-state index contributed by atoms with van der Waals surface area (Å²) in [7, 11) is 5.32. The molecule has 15 heteroatoms. The van der Waals surface area contributed by atoms with Gasteiger partial charge in [0.05, 0.1) is 42.0 Å². The number of aliphatic hydroxyl groups is 5. The quantitative estimate of drug-likeness (QED) is 0.157. The maximum atomic E-state index is 14.3. The van der Waals surface area contributed by atoms with Gasteiger partial charge in [-0.2, -0.15) is 0 Å². The van der Waals surface area contributed by atoms with Crippen LogP contribution in [0.25, 0.3) is 0 Å². The zero-order valence-corrected chi connectivity index (χ0v) is 36.4. The molecule has 4 aliphatic rings. The first-order valence-electron chi connectivity index (χ1n) is 21.0. The van der Waals surface area contributed by atoms with Crippen LogP contribution >= 0.6 is 0 Å². The zero-order chi connectivity index (χ0) is 42.1. The Hall–Kier alpha value is -1.05. The summed E-state index contributed by atoms with van der Waals surface area (Å²) < 4.78 is 38.4. The van der Waals surface area contributed by atoms with E-state index in [0.717, 1.165) is 12.8 Å². The number of rotatable bonds is 10. The number of likely N-dealkylation sites (N-methyl/N-ethyl adjacent to an activating group) is 1. The standard InChI is InChI=1S/C41H77N3O12/c1-14-30-40(10,49)34(46)22(2)20-42-23(3)18-38(8,48)35(56-37-32(45)29(44(11)12)17-24(4)52-37)25(5)33(26(6)36(47)54-30)55-31-19-39(9,51-13)41(50,27(7)53-31)21-43-28-15-16-28/h22-35,37,42-43,45-46,48-50H,14-21H2,1-13H3/t22-,23-,24-,25-,26-,27+,29+,30+,31+,32-,33-,34+,35-,37+,38-,39-,40-,41+/m1/s1. The summed E-state index contributed by atoms with van der Waals surface area (Å²) in [4.78, 5) is 16.3. The van der Waals surface area contributed by atoms with Gasteiger partial charge in [-0.15, -0.1) is 0 Å². The number of nitrogens with zero attached hydrogens (tertiary/aromatic N) is 1. The Morgan fingerprint density at radius 1 is 0.964 bits per heavy atom. The van der Waals surface area contributed by atoms with Crippen molar-refractivity contribution in [1.29, 1.82) is 0 Å². The molecule has 7 N–H and O–H groups in total. The van der Waals surface area contributed by atoms with E-state index in [1.54, 1.807) is 41.7 Å². The molecule has 0 unspecified atom stereocenters. The van der Waals surface area contributed by atoms with E-state index in [1.807, 2.05) is 46.7 Å². The van der Waals surface area contributed by atoms with Crippen molar-refractivity contribution < 1.29 is 58.7 Å². The van der Waals surface area contributed by atoms with Crippen molar-refractivity contribution in [3.8, 4) is 0 Å². The van der Waals surface area contributed by atoms with Gasteiger partial charge in [-0.05, 0) is 101 Å². The Balaban J connectivity index is 1.78. The smallest absolute Gasteiger partial charge is 0.311 e. The molecule has 328 valence electrons. The number of hydrogen-bond acceptors (Lipinski definition) is 15. The molecule has 0 amide bonds. The number of aliphatic hydroxyl groups excluding tert-OH is 2. The van der Waals surface area contributed by atoms with Gasteiger partial charge in [-0.25, -0.2) is 0 Å². The molecule has 1 aliphatic carbocycles. The lowest BCUT2D eigenvalue weighted by atomic mass is 9.75. The van der Waals surface area contributed by atoms with Gasteiger partial charge in [0.1, 0.15) is 29.0 Å². The zero-order valence-electron chi connectivity index (χ0n) is 36.4. The van der Waals surface area contributed by atoms with E-state index in [-0.39, 0.29) is 44.0 Å². The highest BCUT2D eigenvalue weighted by Gasteiger charge is 2.59. The van der Waals surface area contributed by atoms with Crippen LogP contribution in [-0.4, -0.2) is 167 Å². The van der Waals surface area contributed by atoms with E-state index < -0.39 is 95.3 Å². The van der Waals surface area contributed by atoms with Gasteiger partial charge in [0.2, 0.25) is 0 Å². The topological polar surface area (TPSA) is 201 Å². The summed E-state index contributed by atoms with van der Waals surface area (Å²) in [6.45, 7) is 18.2. The number of hydrogen-bond donors (Lipinski definition) is 7. The molecule has 15 nitrogen and oxygen atoms in total. The number of carbonyl (C=O) groups is 1. The number of cyclic esters (lactones) is 1. The number of esters is 1. The van der Waals surface area contributed by atoms with Crippen molar-refractivity contribution in [2.24, 2.45) is 17.8 Å². The van der Waals surface area contributed by atoms with Gasteiger partial charge in [0.15, 0.2) is 12.6 Å². The third kappa shape index (κ3) is 10.4.